The molecule has 0 bridgehead atoms. The fraction of sp³-hybridized carbons (Fsp3) is 1.00. The maximum atomic E-state index is 9.42. The molecule has 0 amide bonds. The Morgan fingerprint density at radius 1 is 1.41 bits per heavy atom. The number of nitrogens with zero attached hydrogens (tertiary/aromatic N) is 3. The Hall–Kier alpha value is -0.850. The zero-order chi connectivity index (χ0) is 12.6. The van der Waals surface area contributed by atoms with Gasteiger partial charge in [0, 0.05) is 24.5 Å². The Balaban J connectivity index is 2.28. The summed E-state index contributed by atoms with van der Waals surface area (Å²) >= 11 is 0. The Morgan fingerprint density at radius 3 is 2.59 bits per heavy atom. The van der Waals surface area contributed by atoms with E-state index >= 15 is 0 Å². The summed E-state index contributed by atoms with van der Waals surface area (Å²) in [6.45, 7) is 3.51. The van der Waals surface area contributed by atoms with Gasteiger partial charge in [0.2, 0.25) is 0 Å². The average molecular weight is 243 g/mol. The predicted molar refractivity (Wildman–Crippen MR) is 58.1 cm³/mol. The Labute approximate surface area is 99.3 Å². The van der Waals surface area contributed by atoms with Gasteiger partial charge in [-0.05, 0) is 19.4 Å². The summed E-state index contributed by atoms with van der Waals surface area (Å²) in [5.41, 5.74) is 8.56. The predicted octanol–water partition coefficient (Wildman–Crippen LogP) is 0.822. The Morgan fingerprint density at radius 2 is 2.06 bits per heavy atom. The highest BCUT2D eigenvalue weighted by Crippen LogP contribution is 2.43. The number of aliphatic hydroxyl groups is 1. The summed E-state index contributed by atoms with van der Waals surface area (Å²) in [4.78, 5) is 2.80. The van der Waals surface area contributed by atoms with E-state index in [9.17, 15) is 5.11 Å². The lowest BCUT2D eigenvalue weighted by Crippen LogP contribution is -2.36. The standard InChI is InChI=1S/C10H17N3O4/c1-10(2)16-7-5(4-14)6(12-13-11)8(15-3)9(7)17-10/h5-9,14H,4H2,1-3H3/t5-,6-,7+,8+,9+/m1/s1. The van der Waals surface area contributed by atoms with E-state index in [0.717, 1.165) is 0 Å². The normalized spacial score (nSPS) is 43.2. The molecule has 7 heteroatoms. The summed E-state index contributed by atoms with van der Waals surface area (Å²) in [7, 11) is 1.54. The van der Waals surface area contributed by atoms with Crippen LogP contribution in [0.25, 0.3) is 10.4 Å². The second-order valence-electron chi connectivity index (χ2n) is 4.81. The van der Waals surface area contributed by atoms with Crippen LogP contribution in [0.3, 0.4) is 0 Å². The van der Waals surface area contributed by atoms with Gasteiger partial charge in [0.25, 0.3) is 0 Å². The van der Waals surface area contributed by atoms with Gasteiger partial charge in [-0.3, -0.25) is 0 Å². The van der Waals surface area contributed by atoms with Crippen molar-refractivity contribution in [2.75, 3.05) is 13.7 Å². The molecular weight excluding hydrogens is 226 g/mol. The molecule has 0 aromatic heterocycles. The number of aliphatic hydroxyl groups excluding tert-OH is 1. The van der Waals surface area contributed by atoms with Crippen molar-refractivity contribution in [3.05, 3.63) is 10.4 Å². The lowest BCUT2D eigenvalue weighted by molar-refractivity contribution is -0.172. The molecule has 2 aliphatic rings. The molecule has 2 fully saturated rings. The summed E-state index contributed by atoms with van der Waals surface area (Å²) in [6.07, 6.45) is -0.979. The fourth-order valence-electron chi connectivity index (χ4n) is 2.73. The van der Waals surface area contributed by atoms with Crippen LogP contribution < -0.4 is 0 Å². The van der Waals surface area contributed by atoms with Gasteiger partial charge >= 0.3 is 0 Å². The molecular formula is C10H17N3O4. The largest absolute Gasteiger partial charge is 0.396 e. The van der Waals surface area contributed by atoms with E-state index in [1.165, 1.54) is 7.11 Å². The fourth-order valence-corrected chi connectivity index (χ4v) is 2.73. The molecule has 0 aromatic rings. The van der Waals surface area contributed by atoms with E-state index in [-0.39, 0.29) is 30.8 Å². The van der Waals surface area contributed by atoms with Crippen LogP contribution in [0, 0.1) is 5.92 Å². The number of fused-ring (bicyclic) bond motifs is 1. The van der Waals surface area contributed by atoms with Crippen LogP contribution in [0.15, 0.2) is 5.11 Å². The van der Waals surface area contributed by atoms with Crippen molar-refractivity contribution >= 4 is 0 Å². The summed E-state index contributed by atoms with van der Waals surface area (Å²) < 4.78 is 16.8. The van der Waals surface area contributed by atoms with Crippen molar-refractivity contribution in [3.63, 3.8) is 0 Å². The second-order valence-corrected chi connectivity index (χ2v) is 4.81. The molecule has 1 heterocycles. The zero-order valence-corrected chi connectivity index (χ0v) is 10.1. The number of ether oxygens (including phenoxy) is 3. The SMILES string of the molecule is CO[C@H]1[C@H](N=[N+]=[N-])[C@@H](CO)[C@@H]2OC(C)(C)O[C@@H]21. The van der Waals surface area contributed by atoms with Crippen molar-refractivity contribution in [2.24, 2.45) is 11.0 Å². The van der Waals surface area contributed by atoms with Crippen LogP contribution in [0.5, 0.6) is 0 Å². The van der Waals surface area contributed by atoms with E-state index in [2.05, 4.69) is 10.0 Å². The maximum Gasteiger partial charge on any atom is 0.163 e. The molecule has 1 saturated heterocycles. The number of rotatable bonds is 3. The van der Waals surface area contributed by atoms with Gasteiger partial charge in [-0.1, -0.05) is 5.11 Å². The number of methoxy groups -OCH3 is 1. The Kier molecular flexibility index (Phi) is 3.29. The van der Waals surface area contributed by atoms with Gasteiger partial charge in [-0.2, -0.15) is 0 Å². The van der Waals surface area contributed by atoms with Crippen LogP contribution in [0.4, 0.5) is 0 Å². The number of azide groups is 1. The van der Waals surface area contributed by atoms with Gasteiger partial charge in [-0.15, -0.1) is 0 Å². The van der Waals surface area contributed by atoms with Gasteiger partial charge in [-0.25, -0.2) is 0 Å². The molecule has 2 rings (SSSR count). The first kappa shape index (κ1) is 12.6. The van der Waals surface area contributed by atoms with Crippen LogP contribution >= 0.6 is 0 Å². The van der Waals surface area contributed by atoms with Crippen LogP contribution in [0.1, 0.15) is 13.8 Å². The first-order chi connectivity index (χ1) is 8.04. The van der Waals surface area contributed by atoms with E-state index in [4.69, 9.17) is 19.7 Å². The minimum absolute atomic E-state index is 0.121. The molecule has 5 atom stereocenters. The second kappa shape index (κ2) is 4.44. The highest BCUT2D eigenvalue weighted by molar-refractivity contribution is 5.07. The van der Waals surface area contributed by atoms with Crippen molar-refractivity contribution in [1.82, 2.24) is 0 Å². The third-order valence-corrected chi connectivity index (χ3v) is 3.35. The zero-order valence-electron chi connectivity index (χ0n) is 10.1. The highest BCUT2D eigenvalue weighted by Gasteiger charge is 2.58. The first-order valence-corrected chi connectivity index (χ1v) is 5.57. The molecule has 17 heavy (non-hydrogen) atoms. The quantitative estimate of drug-likeness (QED) is 0.451. The Bertz CT molecular complexity index is 320. The van der Waals surface area contributed by atoms with Crippen molar-refractivity contribution in [3.8, 4) is 0 Å². The monoisotopic (exact) mass is 243 g/mol. The van der Waals surface area contributed by atoms with E-state index in [1.807, 2.05) is 13.8 Å². The van der Waals surface area contributed by atoms with E-state index in [0.29, 0.717) is 0 Å². The van der Waals surface area contributed by atoms with Gasteiger partial charge in [0.15, 0.2) is 5.79 Å². The van der Waals surface area contributed by atoms with Crippen molar-refractivity contribution in [2.45, 2.75) is 44.0 Å². The molecule has 0 spiro atoms. The minimum atomic E-state index is -0.694. The van der Waals surface area contributed by atoms with E-state index < -0.39 is 11.8 Å². The molecule has 96 valence electrons. The molecule has 1 aliphatic carbocycles. The highest BCUT2D eigenvalue weighted by atomic mass is 16.8. The summed E-state index contributed by atoms with van der Waals surface area (Å²) in [5.74, 6) is -0.983. The van der Waals surface area contributed by atoms with Crippen molar-refractivity contribution < 1.29 is 19.3 Å². The minimum Gasteiger partial charge on any atom is -0.396 e. The van der Waals surface area contributed by atoms with Gasteiger partial charge in [0.05, 0.1) is 18.2 Å². The molecule has 1 aliphatic heterocycles. The van der Waals surface area contributed by atoms with Gasteiger partial charge in [0.1, 0.15) is 6.10 Å². The maximum absolute atomic E-state index is 9.42. The molecule has 0 radical (unpaired) electrons. The molecule has 0 aromatic carbocycles. The molecule has 0 unspecified atom stereocenters. The molecule has 7 nitrogen and oxygen atoms in total. The molecule has 1 saturated carbocycles. The lowest BCUT2D eigenvalue weighted by Gasteiger charge is -2.26. The smallest absolute Gasteiger partial charge is 0.163 e. The number of hydrogen-bond acceptors (Lipinski definition) is 5. The van der Waals surface area contributed by atoms with Crippen molar-refractivity contribution in [1.29, 1.82) is 0 Å². The average Bonchev–Trinajstić information content (AvgIpc) is 2.68. The van der Waals surface area contributed by atoms with Crippen LogP contribution in [-0.2, 0) is 14.2 Å². The molecule has 1 N–H and O–H groups in total. The third kappa shape index (κ3) is 2.00. The topological polar surface area (TPSA) is 96.7 Å². The number of hydrogen-bond donors (Lipinski definition) is 1. The van der Waals surface area contributed by atoms with Gasteiger partial charge < -0.3 is 19.3 Å². The van der Waals surface area contributed by atoms with E-state index in [1.54, 1.807) is 0 Å². The first-order valence-electron chi connectivity index (χ1n) is 5.57. The van der Waals surface area contributed by atoms with Crippen LogP contribution in [0.2, 0.25) is 0 Å². The summed E-state index contributed by atoms with van der Waals surface area (Å²) in [5, 5.41) is 13.1. The van der Waals surface area contributed by atoms with Crippen LogP contribution in [-0.4, -0.2) is 49.0 Å². The summed E-state index contributed by atoms with van der Waals surface area (Å²) in [6, 6.07) is -0.457. The lowest BCUT2D eigenvalue weighted by atomic mass is 10.0. The third-order valence-electron chi connectivity index (χ3n) is 3.35.